The molecule has 29 heavy (non-hydrogen) atoms. The van der Waals surface area contributed by atoms with E-state index in [9.17, 15) is 22.8 Å². The van der Waals surface area contributed by atoms with Crippen LogP contribution in [0.15, 0.2) is 59.2 Å². The SMILES string of the molecule is O=C(Nc1ccc(F)c(F)c1F)C1Cc2ccccc2CN1C(=O)c1ccco1. The van der Waals surface area contributed by atoms with Crippen molar-refractivity contribution in [3.63, 3.8) is 0 Å². The lowest BCUT2D eigenvalue weighted by Gasteiger charge is -2.35. The standard InChI is InChI=1S/C21H15F3N2O3/c22-14-7-8-15(19(24)18(14)23)25-20(27)16-10-12-4-1-2-5-13(12)11-26(16)21(28)17-6-3-9-29-17/h1-9,16H,10-11H2,(H,25,27). The van der Waals surface area contributed by atoms with Gasteiger partial charge < -0.3 is 14.6 Å². The maximum atomic E-state index is 14.0. The molecule has 3 aromatic rings. The van der Waals surface area contributed by atoms with Crippen LogP contribution in [0.2, 0.25) is 0 Å². The van der Waals surface area contributed by atoms with E-state index in [1.807, 2.05) is 24.3 Å². The van der Waals surface area contributed by atoms with E-state index in [1.165, 1.54) is 17.2 Å². The van der Waals surface area contributed by atoms with E-state index < -0.39 is 41.0 Å². The van der Waals surface area contributed by atoms with Gasteiger partial charge in [-0.05, 0) is 35.4 Å². The van der Waals surface area contributed by atoms with Crippen LogP contribution >= 0.6 is 0 Å². The number of rotatable bonds is 3. The molecule has 0 fully saturated rings. The third kappa shape index (κ3) is 3.49. The van der Waals surface area contributed by atoms with Crippen molar-refractivity contribution in [2.24, 2.45) is 0 Å². The van der Waals surface area contributed by atoms with E-state index in [2.05, 4.69) is 5.32 Å². The second kappa shape index (κ2) is 7.46. The van der Waals surface area contributed by atoms with E-state index in [0.29, 0.717) is 0 Å². The predicted octanol–water partition coefficient (Wildman–Crippen LogP) is 3.90. The fourth-order valence-corrected chi connectivity index (χ4v) is 3.35. The highest BCUT2D eigenvalue weighted by Gasteiger charge is 2.36. The van der Waals surface area contributed by atoms with Gasteiger partial charge in [-0.3, -0.25) is 9.59 Å². The Morgan fingerprint density at radius 1 is 0.966 bits per heavy atom. The molecule has 0 bridgehead atoms. The number of halogens is 3. The van der Waals surface area contributed by atoms with Crippen molar-refractivity contribution in [1.29, 1.82) is 0 Å². The first-order valence-electron chi connectivity index (χ1n) is 8.81. The van der Waals surface area contributed by atoms with E-state index >= 15 is 0 Å². The van der Waals surface area contributed by atoms with E-state index in [0.717, 1.165) is 23.3 Å². The van der Waals surface area contributed by atoms with Gasteiger partial charge in [-0.2, -0.15) is 0 Å². The lowest BCUT2D eigenvalue weighted by molar-refractivity contribution is -0.121. The quantitative estimate of drug-likeness (QED) is 0.679. The molecule has 0 radical (unpaired) electrons. The minimum absolute atomic E-state index is 0.0567. The van der Waals surface area contributed by atoms with Gasteiger partial charge in [0.05, 0.1) is 12.0 Å². The molecule has 148 valence electrons. The summed E-state index contributed by atoms with van der Waals surface area (Å²) in [5.41, 5.74) is 1.23. The van der Waals surface area contributed by atoms with Crippen molar-refractivity contribution >= 4 is 17.5 Å². The lowest BCUT2D eigenvalue weighted by atomic mass is 9.93. The number of benzene rings is 2. The van der Waals surface area contributed by atoms with Crippen LogP contribution in [0.4, 0.5) is 18.9 Å². The normalized spacial score (nSPS) is 15.7. The number of carbonyl (C=O) groups is 2. The fraction of sp³-hybridized carbons (Fsp3) is 0.143. The summed E-state index contributed by atoms with van der Waals surface area (Å²) in [5.74, 6) is -5.71. The van der Waals surface area contributed by atoms with Gasteiger partial charge in [0.25, 0.3) is 5.91 Å². The highest BCUT2D eigenvalue weighted by atomic mass is 19.2. The van der Waals surface area contributed by atoms with Gasteiger partial charge in [-0.1, -0.05) is 24.3 Å². The van der Waals surface area contributed by atoms with Crippen molar-refractivity contribution in [1.82, 2.24) is 4.90 Å². The monoisotopic (exact) mass is 400 g/mol. The Balaban J connectivity index is 1.66. The molecule has 2 heterocycles. The number of furan rings is 1. The van der Waals surface area contributed by atoms with Crippen LogP contribution in [0.3, 0.4) is 0 Å². The Kier molecular flexibility index (Phi) is 4.84. The van der Waals surface area contributed by atoms with Crippen LogP contribution in [0.1, 0.15) is 21.7 Å². The van der Waals surface area contributed by atoms with Gasteiger partial charge in [-0.15, -0.1) is 0 Å². The van der Waals surface area contributed by atoms with Crippen LogP contribution in [0.5, 0.6) is 0 Å². The Hall–Kier alpha value is -3.55. The molecule has 0 aliphatic carbocycles. The van der Waals surface area contributed by atoms with Crippen LogP contribution in [-0.2, 0) is 17.8 Å². The molecule has 0 spiro atoms. The molecule has 0 saturated carbocycles. The van der Waals surface area contributed by atoms with Gasteiger partial charge in [0, 0.05) is 13.0 Å². The molecule has 4 rings (SSSR count). The largest absolute Gasteiger partial charge is 0.459 e. The summed E-state index contributed by atoms with van der Waals surface area (Å²) in [6.07, 6.45) is 1.52. The third-order valence-electron chi connectivity index (χ3n) is 4.84. The smallest absolute Gasteiger partial charge is 0.290 e. The number of hydrogen-bond acceptors (Lipinski definition) is 3. The van der Waals surface area contributed by atoms with Crippen LogP contribution in [0.25, 0.3) is 0 Å². The molecule has 1 aliphatic heterocycles. The Morgan fingerprint density at radius 2 is 1.72 bits per heavy atom. The van der Waals surface area contributed by atoms with Crippen molar-refractivity contribution < 1.29 is 27.2 Å². The summed E-state index contributed by atoms with van der Waals surface area (Å²) in [4.78, 5) is 27.1. The van der Waals surface area contributed by atoms with Crippen molar-refractivity contribution in [3.8, 4) is 0 Å². The highest BCUT2D eigenvalue weighted by Crippen LogP contribution is 2.27. The Bertz CT molecular complexity index is 1080. The topological polar surface area (TPSA) is 62.6 Å². The average Bonchev–Trinajstić information content (AvgIpc) is 3.27. The van der Waals surface area contributed by atoms with Crippen molar-refractivity contribution in [2.75, 3.05) is 5.32 Å². The molecule has 1 atom stereocenters. The lowest BCUT2D eigenvalue weighted by Crippen LogP contribution is -2.50. The number of fused-ring (bicyclic) bond motifs is 1. The second-order valence-corrected chi connectivity index (χ2v) is 6.61. The van der Waals surface area contributed by atoms with E-state index in [1.54, 1.807) is 6.07 Å². The van der Waals surface area contributed by atoms with Crippen LogP contribution < -0.4 is 5.32 Å². The first-order valence-corrected chi connectivity index (χ1v) is 8.81. The first kappa shape index (κ1) is 18.8. The molecule has 1 aromatic heterocycles. The van der Waals surface area contributed by atoms with Gasteiger partial charge in [0.2, 0.25) is 5.91 Å². The number of nitrogens with one attached hydrogen (secondary N) is 1. The highest BCUT2D eigenvalue weighted by molar-refractivity contribution is 6.00. The molecule has 2 aromatic carbocycles. The summed E-state index contributed by atoms with van der Waals surface area (Å²) < 4.78 is 45.8. The number of amides is 2. The number of hydrogen-bond donors (Lipinski definition) is 1. The molecule has 2 amide bonds. The van der Waals surface area contributed by atoms with E-state index in [4.69, 9.17) is 4.42 Å². The molecule has 1 unspecified atom stereocenters. The zero-order valence-electron chi connectivity index (χ0n) is 15.0. The molecule has 1 N–H and O–H groups in total. The third-order valence-corrected chi connectivity index (χ3v) is 4.84. The van der Waals surface area contributed by atoms with Gasteiger partial charge in [0.1, 0.15) is 6.04 Å². The molecule has 5 nitrogen and oxygen atoms in total. The van der Waals surface area contributed by atoms with E-state index in [-0.39, 0.29) is 18.7 Å². The minimum Gasteiger partial charge on any atom is -0.459 e. The molecular weight excluding hydrogens is 385 g/mol. The minimum atomic E-state index is -1.68. The summed E-state index contributed by atoms with van der Waals surface area (Å²) in [6.45, 7) is 0.147. The summed E-state index contributed by atoms with van der Waals surface area (Å²) in [6, 6.07) is 11.0. The molecular formula is C21H15F3N2O3. The average molecular weight is 400 g/mol. The Labute approximate surface area is 163 Å². The molecule has 1 aliphatic rings. The maximum Gasteiger partial charge on any atom is 0.290 e. The first-order chi connectivity index (χ1) is 14.0. The van der Waals surface area contributed by atoms with Crippen LogP contribution in [-0.4, -0.2) is 22.8 Å². The predicted molar refractivity (Wildman–Crippen MR) is 97.5 cm³/mol. The zero-order chi connectivity index (χ0) is 20.5. The summed E-state index contributed by atoms with van der Waals surface area (Å²) in [5, 5.41) is 2.26. The molecule has 0 saturated heterocycles. The summed E-state index contributed by atoms with van der Waals surface area (Å²) >= 11 is 0. The Morgan fingerprint density at radius 3 is 2.45 bits per heavy atom. The zero-order valence-corrected chi connectivity index (χ0v) is 15.0. The number of nitrogens with zero attached hydrogens (tertiary/aromatic N) is 1. The van der Waals surface area contributed by atoms with Gasteiger partial charge in [-0.25, -0.2) is 13.2 Å². The number of anilines is 1. The van der Waals surface area contributed by atoms with Crippen molar-refractivity contribution in [3.05, 3.63) is 89.1 Å². The summed E-state index contributed by atoms with van der Waals surface area (Å²) in [7, 11) is 0. The van der Waals surface area contributed by atoms with Gasteiger partial charge in [0.15, 0.2) is 23.2 Å². The maximum absolute atomic E-state index is 14.0. The van der Waals surface area contributed by atoms with Crippen LogP contribution in [0, 0.1) is 17.5 Å². The van der Waals surface area contributed by atoms with Crippen molar-refractivity contribution in [2.45, 2.75) is 19.0 Å². The fourth-order valence-electron chi connectivity index (χ4n) is 3.35. The second-order valence-electron chi connectivity index (χ2n) is 6.61. The number of carbonyl (C=O) groups excluding carboxylic acids is 2. The van der Waals surface area contributed by atoms with Gasteiger partial charge >= 0.3 is 0 Å². The molecule has 8 heteroatoms.